The molecule has 0 aromatic heterocycles. The average molecular weight is 371 g/mol. The fourth-order valence-corrected chi connectivity index (χ4v) is 2.43. The molecular weight excluding hydrogens is 346 g/mol. The summed E-state index contributed by atoms with van der Waals surface area (Å²) in [7, 11) is 0. The Bertz CT molecular complexity index is 745. The zero-order chi connectivity index (χ0) is 19.7. The van der Waals surface area contributed by atoms with E-state index in [1.165, 1.54) is 0 Å². The number of carboxylic acids is 1. The van der Waals surface area contributed by atoms with E-state index < -0.39 is 11.4 Å². The second-order valence-electron chi connectivity index (χ2n) is 6.39. The van der Waals surface area contributed by atoms with Crippen LogP contribution in [0.2, 0.25) is 0 Å². The first-order valence-corrected chi connectivity index (χ1v) is 8.87. The monoisotopic (exact) mass is 371 g/mol. The van der Waals surface area contributed by atoms with Gasteiger partial charge in [0.05, 0.1) is 6.61 Å². The highest BCUT2D eigenvalue weighted by molar-refractivity contribution is 5.83. The van der Waals surface area contributed by atoms with Crippen LogP contribution in [0.15, 0.2) is 54.6 Å². The molecule has 2 aromatic rings. The number of hydrogen-bond acceptors (Lipinski definition) is 4. The van der Waals surface area contributed by atoms with E-state index in [4.69, 9.17) is 9.47 Å². The second kappa shape index (κ2) is 9.62. The van der Waals surface area contributed by atoms with Crippen LogP contribution in [-0.4, -0.2) is 36.7 Å². The Balaban J connectivity index is 1.87. The zero-order valence-corrected chi connectivity index (χ0v) is 15.6. The quantitative estimate of drug-likeness (QED) is 0.671. The summed E-state index contributed by atoms with van der Waals surface area (Å²) in [5.74, 6) is -0.103. The number of ether oxygens (including phenoxy) is 2. The van der Waals surface area contributed by atoms with Crippen molar-refractivity contribution in [3.05, 3.63) is 60.2 Å². The molecule has 2 aromatic carbocycles. The molecule has 27 heavy (non-hydrogen) atoms. The van der Waals surface area contributed by atoms with Gasteiger partial charge in [-0.15, -0.1) is 0 Å². The molecule has 0 aliphatic rings. The highest BCUT2D eigenvalue weighted by Gasteiger charge is 2.35. The van der Waals surface area contributed by atoms with Crippen molar-refractivity contribution < 1.29 is 24.2 Å². The van der Waals surface area contributed by atoms with Crippen LogP contribution < -0.4 is 14.8 Å². The normalized spacial score (nSPS) is 12.7. The standard InChI is InChI=1S/C21H25NO5/c1-3-13-26-17-9-11-18(12-10-17)27-14-19(23)22-15-21(2,20(24)25)16-7-5-4-6-8-16/h4-12H,3,13-15H2,1-2H3,(H,22,23)(H,24,25). The van der Waals surface area contributed by atoms with Crippen LogP contribution in [0.3, 0.4) is 0 Å². The van der Waals surface area contributed by atoms with Crippen LogP contribution in [0.25, 0.3) is 0 Å². The van der Waals surface area contributed by atoms with Gasteiger partial charge in [0.2, 0.25) is 0 Å². The first-order chi connectivity index (χ1) is 13.0. The first kappa shape index (κ1) is 20.3. The molecule has 6 nitrogen and oxygen atoms in total. The zero-order valence-electron chi connectivity index (χ0n) is 15.6. The third-order valence-electron chi connectivity index (χ3n) is 4.19. The predicted molar refractivity (Wildman–Crippen MR) is 102 cm³/mol. The van der Waals surface area contributed by atoms with E-state index in [0.29, 0.717) is 17.9 Å². The number of carbonyl (C=O) groups excluding carboxylic acids is 1. The lowest BCUT2D eigenvalue weighted by Gasteiger charge is -2.25. The summed E-state index contributed by atoms with van der Waals surface area (Å²) in [5, 5.41) is 12.2. The molecule has 0 bridgehead atoms. The van der Waals surface area contributed by atoms with E-state index in [1.807, 2.05) is 13.0 Å². The molecule has 0 aliphatic heterocycles. The molecule has 1 atom stereocenters. The van der Waals surface area contributed by atoms with Gasteiger partial charge in [-0.25, -0.2) is 0 Å². The Morgan fingerprint density at radius 1 is 1.00 bits per heavy atom. The summed E-state index contributed by atoms with van der Waals surface area (Å²) >= 11 is 0. The number of rotatable bonds is 10. The molecule has 144 valence electrons. The van der Waals surface area contributed by atoms with Crippen molar-refractivity contribution in [1.29, 1.82) is 0 Å². The highest BCUT2D eigenvalue weighted by Crippen LogP contribution is 2.23. The van der Waals surface area contributed by atoms with Crippen LogP contribution in [0.1, 0.15) is 25.8 Å². The summed E-state index contributed by atoms with van der Waals surface area (Å²) < 4.78 is 10.9. The first-order valence-electron chi connectivity index (χ1n) is 8.87. The van der Waals surface area contributed by atoms with Gasteiger partial charge in [-0.2, -0.15) is 0 Å². The van der Waals surface area contributed by atoms with E-state index in [9.17, 15) is 14.7 Å². The summed E-state index contributed by atoms with van der Waals surface area (Å²) in [5.41, 5.74) is -0.587. The maximum absolute atomic E-state index is 12.1. The Morgan fingerprint density at radius 2 is 1.59 bits per heavy atom. The molecule has 0 aliphatic carbocycles. The summed E-state index contributed by atoms with van der Waals surface area (Å²) in [6.45, 7) is 4.04. The molecule has 2 rings (SSSR count). The Hall–Kier alpha value is -3.02. The molecule has 1 amide bonds. The van der Waals surface area contributed by atoms with Crippen LogP contribution >= 0.6 is 0 Å². The third-order valence-corrected chi connectivity index (χ3v) is 4.19. The molecule has 6 heteroatoms. The molecule has 0 fully saturated rings. The maximum atomic E-state index is 12.1. The fraction of sp³-hybridized carbons (Fsp3) is 0.333. The molecular formula is C21H25NO5. The van der Waals surface area contributed by atoms with Crippen molar-refractivity contribution in [3.8, 4) is 11.5 Å². The van der Waals surface area contributed by atoms with Crippen LogP contribution in [0, 0.1) is 0 Å². The van der Waals surface area contributed by atoms with E-state index in [2.05, 4.69) is 5.32 Å². The molecule has 0 heterocycles. The minimum absolute atomic E-state index is 0.0294. The highest BCUT2D eigenvalue weighted by atomic mass is 16.5. The van der Waals surface area contributed by atoms with Gasteiger partial charge in [-0.05, 0) is 43.2 Å². The maximum Gasteiger partial charge on any atom is 0.315 e. The van der Waals surface area contributed by atoms with Crippen molar-refractivity contribution in [1.82, 2.24) is 5.32 Å². The molecule has 0 spiro atoms. The number of carbonyl (C=O) groups is 2. The molecule has 1 unspecified atom stereocenters. The van der Waals surface area contributed by atoms with Gasteiger partial charge < -0.3 is 19.9 Å². The Morgan fingerprint density at radius 3 is 2.15 bits per heavy atom. The molecule has 0 saturated heterocycles. The van der Waals surface area contributed by atoms with Gasteiger partial charge in [-0.1, -0.05) is 37.3 Å². The van der Waals surface area contributed by atoms with Crippen LogP contribution in [-0.2, 0) is 15.0 Å². The van der Waals surface area contributed by atoms with Gasteiger partial charge in [0, 0.05) is 6.54 Å². The van der Waals surface area contributed by atoms with Crippen LogP contribution in [0.5, 0.6) is 11.5 Å². The third kappa shape index (κ3) is 5.74. The van der Waals surface area contributed by atoms with Crippen molar-refractivity contribution in [2.24, 2.45) is 0 Å². The van der Waals surface area contributed by atoms with E-state index >= 15 is 0 Å². The lowest BCUT2D eigenvalue weighted by molar-refractivity contribution is -0.143. The van der Waals surface area contributed by atoms with Crippen molar-refractivity contribution in [2.75, 3.05) is 19.8 Å². The SMILES string of the molecule is CCCOc1ccc(OCC(=O)NCC(C)(C(=O)O)c2ccccc2)cc1. The van der Waals surface area contributed by atoms with E-state index in [-0.39, 0.29) is 19.1 Å². The van der Waals surface area contributed by atoms with Crippen molar-refractivity contribution >= 4 is 11.9 Å². The Labute approximate surface area is 159 Å². The minimum Gasteiger partial charge on any atom is -0.494 e. The fourth-order valence-electron chi connectivity index (χ4n) is 2.43. The topological polar surface area (TPSA) is 84.9 Å². The molecule has 0 radical (unpaired) electrons. The average Bonchev–Trinajstić information content (AvgIpc) is 2.70. The molecule has 2 N–H and O–H groups in total. The van der Waals surface area contributed by atoms with Crippen molar-refractivity contribution in [2.45, 2.75) is 25.7 Å². The lowest BCUT2D eigenvalue weighted by Crippen LogP contribution is -2.45. The lowest BCUT2D eigenvalue weighted by atomic mass is 9.82. The van der Waals surface area contributed by atoms with Gasteiger partial charge in [0.25, 0.3) is 5.91 Å². The van der Waals surface area contributed by atoms with E-state index in [1.54, 1.807) is 55.5 Å². The summed E-state index contributed by atoms with van der Waals surface area (Å²) in [6, 6.07) is 15.8. The van der Waals surface area contributed by atoms with Gasteiger partial charge in [0.15, 0.2) is 6.61 Å². The second-order valence-corrected chi connectivity index (χ2v) is 6.39. The smallest absolute Gasteiger partial charge is 0.315 e. The summed E-state index contributed by atoms with van der Waals surface area (Å²) in [6.07, 6.45) is 0.927. The number of benzene rings is 2. The number of amides is 1. The summed E-state index contributed by atoms with van der Waals surface area (Å²) in [4.78, 5) is 23.8. The number of nitrogens with one attached hydrogen (secondary N) is 1. The number of hydrogen-bond donors (Lipinski definition) is 2. The van der Waals surface area contributed by atoms with Gasteiger partial charge >= 0.3 is 5.97 Å². The van der Waals surface area contributed by atoms with Gasteiger partial charge in [-0.3, -0.25) is 9.59 Å². The predicted octanol–water partition coefficient (Wildman–Crippen LogP) is 3.01. The van der Waals surface area contributed by atoms with Crippen LogP contribution in [0.4, 0.5) is 0 Å². The minimum atomic E-state index is -1.21. The van der Waals surface area contributed by atoms with E-state index in [0.717, 1.165) is 12.2 Å². The Kier molecular flexibility index (Phi) is 7.23. The number of aliphatic carboxylic acids is 1. The van der Waals surface area contributed by atoms with Gasteiger partial charge in [0.1, 0.15) is 16.9 Å². The van der Waals surface area contributed by atoms with Crippen molar-refractivity contribution in [3.63, 3.8) is 0 Å². The largest absolute Gasteiger partial charge is 0.494 e. The molecule has 0 saturated carbocycles. The number of carboxylic acid groups (broad SMARTS) is 1.